The molecule has 0 saturated heterocycles. The van der Waals surface area contributed by atoms with Crippen LogP contribution in [0.4, 0.5) is 0 Å². The van der Waals surface area contributed by atoms with E-state index in [1.54, 1.807) is 18.2 Å². The van der Waals surface area contributed by atoms with E-state index in [1.807, 2.05) is 12.1 Å². The molecule has 0 aliphatic carbocycles. The predicted octanol–water partition coefficient (Wildman–Crippen LogP) is 3.86. The molecule has 0 radical (unpaired) electrons. The van der Waals surface area contributed by atoms with Crippen LogP contribution in [0.25, 0.3) is 21.8 Å². The van der Waals surface area contributed by atoms with Gasteiger partial charge in [0.25, 0.3) is 0 Å². The summed E-state index contributed by atoms with van der Waals surface area (Å²) in [5.74, 6) is 0.736. The standard InChI is InChI=1S/C15H15NO2/c1-8(2)9-6-7-12(18)14-13-10(16-15(9)14)4-3-5-11(13)17/h3-8,16-18H,1-2H3. The fraction of sp³-hybridized carbons (Fsp3) is 0.200. The van der Waals surface area contributed by atoms with Crippen molar-refractivity contribution < 1.29 is 10.2 Å². The molecule has 3 heteroatoms. The van der Waals surface area contributed by atoms with Crippen molar-refractivity contribution >= 4 is 21.8 Å². The Morgan fingerprint density at radius 3 is 2.39 bits per heavy atom. The maximum absolute atomic E-state index is 10.1. The van der Waals surface area contributed by atoms with Crippen molar-refractivity contribution in [2.45, 2.75) is 19.8 Å². The Bertz CT molecular complexity index is 741. The molecule has 0 saturated carbocycles. The van der Waals surface area contributed by atoms with E-state index in [4.69, 9.17) is 0 Å². The van der Waals surface area contributed by atoms with E-state index in [0.717, 1.165) is 16.6 Å². The van der Waals surface area contributed by atoms with E-state index in [-0.39, 0.29) is 11.5 Å². The highest BCUT2D eigenvalue weighted by molar-refractivity contribution is 6.14. The third-order valence-electron chi connectivity index (χ3n) is 3.39. The normalized spacial score (nSPS) is 11.7. The molecule has 3 aromatic rings. The number of nitrogens with one attached hydrogen (secondary N) is 1. The average molecular weight is 241 g/mol. The number of H-pyrrole nitrogens is 1. The van der Waals surface area contributed by atoms with Crippen LogP contribution in [-0.4, -0.2) is 15.2 Å². The van der Waals surface area contributed by atoms with Gasteiger partial charge in [0, 0.05) is 0 Å². The van der Waals surface area contributed by atoms with Gasteiger partial charge < -0.3 is 15.2 Å². The van der Waals surface area contributed by atoms with Crippen LogP contribution in [0, 0.1) is 0 Å². The Balaban J connectivity index is 2.57. The van der Waals surface area contributed by atoms with E-state index in [0.29, 0.717) is 16.7 Å². The highest BCUT2D eigenvalue weighted by Gasteiger charge is 2.15. The minimum Gasteiger partial charge on any atom is -0.507 e. The summed E-state index contributed by atoms with van der Waals surface area (Å²) < 4.78 is 0. The van der Waals surface area contributed by atoms with Gasteiger partial charge in [-0.3, -0.25) is 0 Å². The van der Waals surface area contributed by atoms with Crippen molar-refractivity contribution in [3.63, 3.8) is 0 Å². The zero-order valence-electron chi connectivity index (χ0n) is 10.4. The molecular weight excluding hydrogens is 226 g/mol. The summed E-state index contributed by atoms with van der Waals surface area (Å²) in [5, 5.41) is 21.4. The van der Waals surface area contributed by atoms with E-state index in [9.17, 15) is 10.2 Å². The van der Waals surface area contributed by atoms with Crippen LogP contribution in [0.2, 0.25) is 0 Å². The Morgan fingerprint density at radius 1 is 0.944 bits per heavy atom. The molecule has 3 N–H and O–H groups in total. The van der Waals surface area contributed by atoms with Crippen LogP contribution in [0.15, 0.2) is 30.3 Å². The van der Waals surface area contributed by atoms with Crippen molar-refractivity contribution in [3.05, 3.63) is 35.9 Å². The molecule has 0 bridgehead atoms. The van der Waals surface area contributed by atoms with Gasteiger partial charge in [-0.05, 0) is 29.7 Å². The third-order valence-corrected chi connectivity index (χ3v) is 3.39. The molecule has 0 amide bonds. The van der Waals surface area contributed by atoms with Crippen LogP contribution in [0.1, 0.15) is 25.3 Å². The van der Waals surface area contributed by atoms with Crippen molar-refractivity contribution in [2.24, 2.45) is 0 Å². The SMILES string of the molecule is CC(C)c1ccc(O)c2c1[nH]c1cccc(O)c12. The summed E-state index contributed by atoms with van der Waals surface area (Å²) in [4.78, 5) is 3.29. The summed E-state index contributed by atoms with van der Waals surface area (Å²) in [7, 11) is 0. The summed E-state index contributed by atoms with van der Waals surface area (Å²) in [6.07, 6.45) is 0. The first-order valence-electron chi connectivity index (χ1n) is 6.05. The predicted molar refractivity (Wildman–Crippen MR) is 73.2 cm³/mol. The number of phenolic OH excluding ortho intramolecular Hbond substituents is 2. The molecule has 0 spiro atoms. The molecule has 0 unspecified atom stereocenters. The largest absolute Gasteiger partial charge is 0.507 e. The van der Waals surface area contributed by atoms with Crippen LogP contribution >= 0.6 is 0 Å². The van der Waals surface area contributed by atoms with Gasteiger partial charge in [0.1, 0.15) is 11.5 Å². The van der Waals surface area contributed by atoms with Crippen LogP contribution < -0.4 is 0 Å². The van der Waals surface area contributed by atoms with Crippen LogP contribution in [-0.2, 0) is 0 Å². The fourth-order valence-corrected chi connectivity index (χ4v) is 2.52. The van der Waals surface area contributed by atoms with Gasteiger partial charge in [-0.15, -0.1) is 0 Å². The molecule has 1 aromatic heterocycles. The molecular formula is C15H15NO2. The average Bonchev–Trinajstić information content (AvgIpc) is 2.70. The summed E-state index contributed by atoms with van der Waals surface area (Å²) in [6.45, 7) is 4.22. The van der Waals surface area contributed by atoms with Gasteiger partial charge in [0.2, 0.25) is 0 Å². The first kappa shape index (κ1) is 11.0. The highest BCUT2D eigenvalue weighted by Crippen LogP contribution is 2.40. The lowest BCUT2D eigenvalue weighted by Crippen LogP contribution is -1.88. The van der Waals surface area contributed by atoms with Gasteiger partial charge in [-0.25, -0.2) is 0 Å². The van der Waals surface area contributed by atoms with Crippen molar-refractivity contribution in [1.29, 1.82) is 0 Å². The number of benzene rings is 2. The monoisotopic (exact) mass is 241 g/mol. The van der Waals surface area contributed by atoms with Gasteiger partial charge in [-0.1, -0.05) is 26.0 Å². The number of hydrogen-bond acceptors (Lipinski definition) is 2. The lowest BCUT2D eigenvalue weighted by Gasteiger charge is -2.07. The van der Waals surface area contributed by atoms with Gasteiger partial charge in [0.15, 0.2) is 0 Å². The fourth-order valence-electron chi connectivity index (χ4n) is 2.52. The first-order valence-corrected chi connectivity index (χ1v) is 6.05. The van der Waals surface area contributed by atoms with Crippen molar-refractivity contribution in [2.75, 3.05) is 0 Å². The quantitative estimate of drug-likeness (QED) is 0.606. The second-order valence-corrected chi connectivity index (χ2v) is 4.90. The zero-order valence-corrected chi connectivity index (χ0v) is 10.4. The van der Waals surface area contributed by atoms with Gasteiger partial charge in [-0.2, -0.15) is 0 Å². The van der Waals surface area contributed by atoms with Crippen LogP contribution in [0.5, 0.6) is 11.5 Å². The second kappa shape index (κ2) is 3.67. The lowest BCUT2D eigenvalue weighted by atomic mass is 9.99. The molecule has 92 valence electrons. The van der Waals surface area contributed by atoms with E-state index in [1.165, 1.54) is 0 Å². The Morgan fingerprint density at radius 2 is 1.67 bits per heavy atom. The maximum Gasteiger partial charge on any atom is 0.125 e. The molecule has 0 atom stereocenters. The Hall–Kier alpha value is -2.16. The molecule has 3 rings (SSSR count). The number of fused-ring (bicyclic) bond motifs is 3. The molecule has 0 aliphatic heterocycles. The van der Waals surface area contributed by atoms with Crippen molar-refractivity contribution in [3.8, 4) is 11.5 Å². The van der Waals surface area contributed by atoms with Crippen LogP contribution in [0.3, 0.4) is 0 Å². The number of hydrogen-bond donors (Lipinski definition) is 3. The third kappa shape index (κ3) is 1.37. The second-order valence-electron chi connectivity index (χ2n) is 4.90. The molecule has 1 heterocycles. The zero-order chi connectivity index (χ0) is 12.9. The van der Waals surface area contributed by atoms with Gasteiger partial charge >= 0.3 is 0 Å². The molecule has 0 fully saturated rings. The smallest absolute Gasteiger partial charge is 0.125 e. The highest BCUT2D eigenvalue weighted by atomic mass is 16.3. The van der Waals surface area contributed by atoms with E-state index < -0.39 is 0 Å². The number of rotatable bonds is 1. The topological polar surface area (TPSA) is 56.2 Å². The lowest BCUT2D eigenvalue weighted by molar-refractivity contribution is 0.477. The number of aromatic hydroxyl groups is 2. The molecule has 3 nitrogen and oxygen atoms in total. The summed E-state index contributed by atoms with van der Waals surface area (Å²) in [6, 6.07) is 8.95. The summed E-state index contributed by atoms with van der Waals surface area (Å²) in [5.41, 5.74) is 2.88. The molecule has 0 aliphatic rings. The minimum atomic E-state index is 0.190. The first-order chi connectivity index (χ1) is 8.59. The molecule has 2 aromatic carbocycles. The minimum absolute atomic E-state index is 0.190. The number of aromatic amines is 1. The summed E-state index contributed by atoms with van der Waals surface area (Å²) >= 11 is 0. The van der Waals surface area contributed by atoms with E-state index >= 15 is 0 Å². The van der Waals surface area contributed by atoms with E-state index in [2.05, 4.69) is 18.8 Å². The number of aromatic nitrogens is 1. The maximum atomic E-state index is 10.1. The Labute approximate surface area is 105 Å². The van der Waals surface area contributed by atoms with Crippen molar-refractivity contribution in [1.82, 2.24) is 4.98 Å². The van der Waals surface area contributed by atoms with Gasteiger partial charge in [0.05, 0.1) is 21.8 Å². The molecule has 18 heavy (non-hydrogen) atoms. The number of phenols is 2. The Kier molecular flexibility index (Phi) is 2.23.